The molecule has 1 aromatic rings. The maximum atomic E-state index is 12.3. The Balaban J connectivity index is 2.14. The van der Waals surface area contributed by atoms with Gasteiger partial charge in [0.15, 0.2) is 0 Å². The number of carboxylic acids is 1. The van der Waals surface area contributed by atoms with Gasteiger partial charge in [-0.3, -0.25) is 9.59 Å². The van der Waals surface area contributed by atoms with Crippen LogP contribution in [0, 0.1) is 11.8 Å². The van der Waals surface area contributed by atoms with Crippen molar-refractivity contribution in [2.24, 2.45) is 11.8 Å². The van der Waals surface area contributed by atoms with Gasteiger partial charge in [-0.25, -0.2) is 4.79 Å². The molecule has 7 heteroatoms. The predicted molar refractivity (Wildman–Crippen MR) is 77.3 cm³/mol. The maximum absolute atomic E-state index is 12.3. The van der Waals surface area contributed by atoms with E-state index >= 15 is 0 Å². The highest BCUT2D eigenvalue weighted by Gasteiger charge is 2.34. The number of hydrogen-bond donors (Lipinski definition) is 2. The van der Waals surface area contributed by atoms with Crippen LogP contribution in [0.25, 0.3) is 0 Å². The zero-order valence-electron chi connectivity index (χ0n) is 11.4. The smallest absolute Gasteiger partial charge is 0.340 e. The summed E-state index contributed by atoms with van der Waals surface area (Å²) < 4.78 is 4.63. The number of thiophene rings is 1. The van der Waals surface area contributed by atoms with Crippen LogP contribution in [0.1, 0.15) is 23.2 Å². The molecule has 0 spiro atoms. The van der Waals surface area contributed by atoms with E-state index < -0.39 is 23.8 Å². The van der Waals surface area contributed by atoms with E-state index in [1.165, 1.54) is 18.4 Å². The standard InChI is InChI=1S/C14H15NO5S/c1-20-14(19)10-6-7-21-12(10)15-11(16)8-4-2-3-5-9(8)13(17)18/h2-3,6-9H,4-5H2,1H3,(H,15,16)(H,17,18)/t8-,9-/m1/s1. The maximum Gasteiger partial charge on any atom is 0.340 e. The summed E-state index contributed by atoms with van der Waals surface area (Å²) in [5.74, 6) is -3.29. The van der Waals surface area contributed by atoms with Crippen LogP contribution in [0.5, 0.6) is 0 Å². The molecule has 0 aromatic carbocycles. The first-order chi connectivity index (χ1) is 10.0. The van der Waals surface area contributed by atoms with E-state index in [0.29, 0.717) is 17.8 Å². The Kier molecular flexibility index (Phi) is 4.74. The number of nitrogens with one attached hydrogen (secondary N) is 1. The van der Waals surface area contributed by atoms with Crippen LogP contribution in [0.2, 0.25) is 0 Å². The Morgan fingerprint density at radius 1 is 1.29 bits per heavy atom. The largest absolute Gasteiger partial charge is 0.481 e. The van der Waals surface area contributed by atoms with Gasteiger partial charge in [0, 0.05) is 0 Å². The molecule has 6 nitrogen and oxygen atoms in total. The summed E-state index contributed by atoms with van der Waals surface area (Å²) in [5.41, 5.74) is 0.272. The molecule has 0 saturated carbocycles. The van der Waals surface area contributed by atoms with Crippen LogP contribution in [0.15, 0.2) is 23.6 Å². The number of amides is 1. The summed E-state index contributed by atoms with van der Waals surface area (Å²) >= 11 is 1.20. The Morgan fingerprint density at radius 2 is 1.95 bits per heavy atom. The summed E-state index contributed by atoms with van der Waals surface area (Å²) in [6.07, 6.45) is 4.29. The van der Waals surface area contributed by atoms with Crippen molar-refractivity contribution in [3.63, 3.8) is 0 Å². The zero-order chi connectivity index (χ0) is 15.4. The highest BCUT2D eigenvalue weighted by Crippen LogP contribution is 2.29. The highest BCUT2D eigenvalue weighted by atomic mass is 32.1. The predicted octanol–water partition coefficient (Wildman–Crippen LogP) is 2.14. The number of carbonyl (C=O) groups is 3. The Hall–Kier alpha value is -2.15. The Morgan fingerprint density at radius 3 is 2.57 bits per heavy atom. The van der Waals surface area contributed by atoms with Gasteiger partial charge in [-0.2, -0.15) is 0 Å². The van der Waals surface area contributed by atoms with Crippen molar-refractivity contribution in [3.05, 3.63) is 29.2 Å². The van der Waals surface area contributed by atoms with E-state index in [2.05, 4.69) is 10.1 Å². The first-order valence-corrected chi connectivity index (χ1v) is 7.27. The van der Waals surface area contributed by atoms with Crippen molar-refractivity contribution in [2.75, 3.05) is 12.4 Å². The molecular weight excluding hydrogens is 294 g/mol. The fraction of sp³-hybridized carbons (Fsp3) is 0.357. The topological polar surface area (TPSA) is 92.7 Å². The lowest BCUT2D eigenvalue weighted by Crippen LogP contribution is -2.34. The number of aliphatic carboxylic acids is 1. The average molecular weight is 309 g/mol. The van der Waals surface area contributed by atoms with Gasteiger partial charge >= 0.3 is 11.9 Å². The van der Waals surface area contributed by atoms with Crippen molar-refractivity contribution < 1.29 is 24.2 Å². The van der Waals surface area contributed by atoms with Gasteiger partial charge in [-0.05, 0) is 24.3 Å². The van der Waals surface area contributed by atoms with E-state index in [-0.39, 0.29) is 11.5 Å². The molecule has 112 valence electrons. The highest BCUT2D eigenvalue weighted by molar-refractivity contribution is 7.14. The summed E-state index contributed by atoms with van der Waals surface area (Å²) in [6, 6.07) is 1.56. The number of allylic oxidation sites excluding steroid dienone is 2. The number of ether oxygens (including phenoxy) is 1. The SMILES string of the molecule is COC(=O)c1ccsc1NC(=O)[C@@H]1CC=CC[C@H]1C(=O)O. The van der Waals surface area contributed by atoms with Gasteiger partial charge in [0.05, 0.1) is 24.5 Å². The molecule has 2 atom stereocenters. The molecule has 2 N–H and O–H groups in total. The van der Waals surface area contributed by atoms with Crippen LogP contribution in [0.4, 0.5) is 5.00 Å². The van der Waals surface area contributed by atoms with Crippen LogP contribution in [0.3, 0.4) is 0 Å². The van der Waals surface area contributed by atoms with E-state index in [1.807, 2.05) is 0 Å². The third-order valence-electron chi connectivity index (χ3n) is 3.39. The lowest BCUT2D eigenvalue weighted by atomic mass is 9.82. The molecule has 1 aliphatic rings. The number of rotatable bonds is 4. The molecule has 21 heavy (non-hydrogen) atoms. The molecule has 0 radical (unpaired) electrons. The summed E-state index contributed by atoms with van der Waals surface area (Å²) in [7, 11) is 1.26. The third-order valence-corrected chi connectivity index (χ3v) is 4.22. The Labute approximate surface area is 125 Å². The second-order valence-corrected chi connectivity index (χ2v) is 5.55. The molecule has 0 bridgehead atoms. The van der Waals surface area contributed by atoms with Crippen LogP contribution in [-0.4, -0.2) is 30.1 Å². The number of carbonyl (C=O) groups excluding carboxylic acids is 2. The molecule has 2 rings (SSSR count). The molecule has 0 unspecified atom stereocenters. The van der Waals surface area contributed by atoms with Gasteiger partial charge < -0.3 is 15.2 Å². The molecule has 1 heterocycles. The Bertz CT molecular complexity index is 592. The minimum atomic E-state index is -0.987. The van der Waals surface area contributed by atoms with Crippen molar-refractivity contribution in [1.82, 2.24) is 0 Å². The minimum absolute atomic E-state index is 0.272. The summed E-state index contributed by atoms with van der Waals surface area (Å²) in [6.45, 7) is 0. The molecule has 0 aliphatic heterocycles. The van der Waals surface area contributed by atoms with Gasteiger partial charge in [-0.1, -0.05) is 12.2 Å². The second-order valence-electron chi connectivity index (χ2n) is 4.64. The van der Waals surface area contributed by atoms with Gasteiger partial charge in [-0.15, -0.1) is 11.3 Å². The quantitative estimate of drug-likeness (QED) is 0.656. The lowest BCUT2D eigenvalue weighted by molar-refractivity contribution is -0.146. The van der Waals surface area contributed by atoms with Crippen molar-refractivity contribution in [2.45, 2.75) is 12.8 Å². The molecule has 0 saturated heterocycles. The van der Waals surface area contributed by atoms with Crippen molar-refractivity contribution in [3.8, 4) is 0 Å². The minimum Gasteiger partial charge on any atom is -0.481 e. The normalized spacial score (nSPS) is 20.8. The molecular formula is C14H15NO5S. The first kappa shape index (κ1) is 15.2. The van der Waals surface area contributed by atoms with Gasteiger partial charge in [0.1, 0.15) is 5.00 Å². The van der Waals surface area contributed by atoms with Crippen molar-refractivity contribution in [1.29, 1.82) is 0 Å². The van der Waals surface area contributed by atoms with Crippen LogP contribution < -0.4 is 5.32 Å². The number of anilines is 1. The lowest BCUT2D eigenvalue weighted by Gasteiger charge is -2.24. The first-order valence-electron chi connectivity index (χ1n) is 6.39. The molecule has 1 amide bonds. The molecule has 0 fully saturated rings. The van der Waals surface area contributed by atoms with Crippen LogP contribution >= 0.6 is 11.3 Å². The van der Waals surface area contributed by atoms with Gasteiger partial charge in [0.25, 0.3) is 0 Å². The van der Waals surface area contributed by atoms with E-state index in [1.54, 1.807) is 23.6 Å². The van der Waals surface area contributed by atoms with E-state index in [0.717, 1.165) is 0 Å². The molecule has 1 aliphatic carbocycles. The van der Waals surface area contributed by atoms with E-state index in [4.69, 9.17) is 0 Å². The van der Waals surface area contributed by atoms with Gasteiger partial charge in [0.2, 0.25) is 5.91 Å². The molecule has 1 aromatic heterocycles. The number of methoxy groups -OCH3 is 1. The van der Waals surface area contributed by atoms with Crippen molar-refractivity contribution >= 4 is 34.2 Å². The van der Waals surface area contributed by atoms with E-state index in [9.17, 15) is 19.5 Å². The summed E-state index contributed by atoms with van der Waals surface area (Å²) in [5, 5.41) is 13.9. The number of carboxylic acid groups (broad SMARTS) is 1. The summed E-state index contributed by atoms with van der Waals surface area (Å²) in [4.78, 5) is 35.1. The monoisotopic (exact) mass is 309 g/mol. The fourth-order valence-electron chi connectivity index (χ4n) is 2.26. The fourth-order valence-corrected chi connectivity index (χ4v) is 3.04. The third kappa shape index (κ3) is 3.30. The number of hydrogen-bond acceptors (Lipinski definition) is 5. The zero-order valence-corrected chi connectivity index (χ0v) is 12.2. The average Bonchev–Trinajstić information content (AvgIpc) is 2.94. The van der Waals surface area contributed by atoms with Crippen LogP contribution in [-0.2, 0) is 14.3 Å². The second kappa shape index (κ2) is 6.53. The number of esters is 1.